The summed E-state index contributed by atoms with van der Waals surface area (Å²) in [7, 11) is 1.68. The number of thioether (sulfide) groups is 1. The highest BCUT2D eigenvalue weighted by atomic mass is 32.2. The van der Waals surface area contributed by atoms with Crippen molar-refractivity contribution in [1.82, 2.24) is 19.9 Å². The van der Waals surface area contributed by atoms with Gasteiger partial charge in [0.1, 0.15) is 11.5 Å². The van der Waals surface area contributed by atoms with E-state index < -0.39 is 0 Å². The molecule has 7 heteroatoms. The van der Waals surface area contributed by atoms with E-state index in [4.69, 9.17) is 9.26 Å². The zero-order chi connectivity index (χ0) is 20.9. The summed E-state index contributed by atoms with van der Waals surface area (Å²) in [5.74, 6) is 3.18. The number of benzene rings is 2. The maximum atomic E-state index is 5.57. The molecule has 2 aromatic heterocycles. The molecule has 0 spiro atoms. The van der Waals surface area contributed by atoms with E-state index in [1.54, 1.807) is 18.9 Å². The van der Waals surface area contributed by atoms with Crippen LogP contribution in [0.1, 0.15) is 22.6 Å². The Kier molecular flexibility index (Phi) is 6.18. The van der Waals surface area contributed by atoms with Crippen LogP contribution in [-0.4, -0.2) is 27.0 Å². The summed E-state index contributed by atoms with van der Waals surface area (Å²) in [5.41, 5.74) is 4.24. The average Bonchev–Trinajstić information content (AvgIpc) is 3.33. The van der Waals surface area contributed by atoms with Crippen molar-refractivity contribution >= 4 is 11.8 Å². The van der Waals surface area contributed by atoms with Crippen LogP contribution in [0.25, 0.3) is 11.4 Å². The standard InChI is InChI=1S/C23H24N4O2S/c1-16-20(17(2)29-26-16)15-30-23-25-24-22(19-11-7-8-12-21(19)28-3)27(23)14-13-18-9-5-4-6-10-18/h4-12H,13-15H2,1-3H3. The average molecular weight is 421 g/mol. The van der Waals surface area contributed by atoms with Crippen LogP contribution in [0.4, 0.5) is 0 Å². The van der Waals surface area contributed by atoms with Crippen LogP contribution in [0.2, 0.25) is 0 Å². The lowest BCUT2D eigenvalue weighted by Crippen LogP contribution is -2.06. The van der Waals surface area contributed by atoms with Crippen LogP contribution in [-0.2, 0) is 18.7 Å². The Balaban J connectivity index is 1.66. The largest absolute Gasteiger partial charge is 0.496 e. The van der Waals surface area contributed by atoms with Crippen LogP contribution in [0.15, 0.2) is 64.3 Å². The summed E-state index contributed by atoms with van der Waals surface area (Å²) in [4.78, 5) is 0. The number of aromatic nitrogens is 4. The smallest absolute Gasteiger partial charge is 0.191 e. The SMILES string of the molecule is COc1ccccc1-c1nnc(SCc2c(C)noc2C)n1CCc1ccccc1. The minimum absolute atomic E-state index is 0.733. The molecule has 0 radical (unpaired) electrons. The van der Waals surface area contributed by atoms with Crippen LogP contribution in [0.5, 0.6) is 5.75 Å². The lowest BCUT2D eigenvalue weighted by atomic mass is 10.1. The van der Waals surface area contributed by atoms with Crippen molar-refractivity contribution in [2.45, 2.75) is 37.7 Å². The molecule has 0 bridgehead atoms. The highest BCUT2D eigenvalue weighted by Crippen LogP contribution is 2.32. The first-order chi connectivity index (χ1) is 14.7. The number of rotatable bonds is 8. The van der Waals surface area contributed by atoms with Crippen molar-refractivity contribution in [3.8, 4) is 17.1 Å². The molecule has 4 rings (SSSR count). The molecule has 0 unspecified atom stereocenters. The van der Waals surface area contributed by atoms with E-state index in [-0.39, 0.29) is 0 Å². The third-order valence-corrected chi connectivity index (χ3v) is 6.05. The molecular weight excluding hydrogens is 396 g/mol. The minimum atomic E-state index is 0.733. The minimum Gasteiger partial charge on any atom is -0.496 e. The molecule has 0 aliphatic heterocycles. The Morgan fingerprint density at radius 2 is 1.77 bits per heavy atom. The molecule has 0 N–H and O–H groups in total. The Labute approximate surface area is 180 Å². The monoisotopic (exact) mass is 420 g/mol. The van der Waals surface area contributed by atoms with Gasteiger partial charge in [0.2, 0.25) is 0 Å². The van der Waals surface area contributed by atoms with E-state index in [2.05, 4.69) is 44.2 Å². The second-order valence-corrected chi connectivity index (χ2v) is 7.93. The summed E-state index contributed by atoms with van der Waals surface area (Å²) < 4.78 is 13.0. The summed E-state index contributed by atoms with van der Waals surface area (Å²) >= 11 is 1.65. The number of hydrogen-bond donors (Lipinski definition) is 0. The Hall–Kier alpha value is -3.06. The van der Waals surface area contributed by atoms with Gasteiger partial charge in [0.25, 0.3) is 0 Å². The van der Waals surface area contributed by atoms with Gasteiger partial charge in [0.15, 0.2) is 11.0 Å². The number of para-hydroxylation sites is 1. The Morgan fingerprint density at radius 1 is 1.00 bits per heavy atom. The molecule has 0 atom stereocenters. The fourth-order valence-corrected chi connectivity index (χ4v) is 4.47. The fourth-order valence-electron chi connectivity index (χ4n) is 3.36. The van der Waals surface area contributed by atoms with E-state index in [1.165, 1.54) is 5.56 Å². The van der Waals surface area contributed by atoms with Gasteiger partial charge in [-0.2, -0.15) is 0 Å². The molecule has 6 nitrogen and oxygen atoms in total. The number of nitrogens with zero attached hydrogens (tertiary/aromatic N) is 4. The number of ether oxygens (including phenoxy) is 1. The van der Waals surface area contributed by atoms with E-state index in [0.717, 1.165) is 58.0 Å². The summed E-state index contributed by atoms with van der Waals surface area (Å²) in [6.45, 7) is 4.68. The lowest BCUT2D eigenvalue weighted by molar-refractivity contribution is 0.392. The lowest BCUT2D eigenvalue weighted by Gasteiger charge is -2.12. The molecule has 0 aliphatic carbocycles. The zero-order valence-electron chi connectivity index (χ0n) is 17.3. The second kappa shape index (κ2) is 9.17. The molecule has 154 valence electrons. The predicted molar refractivity (Wildman–Crippen MR) is 118 cm³/mol. The van der Waals surface area contributed by atoms with Crippen molar-refractivity contribution in [1.29, 1.82) is 0 Å². The Morgan fingerprint density at radius 3 is 2.50 bits per heavy atom. The normalized spacial score (nSPS) is 11.0. The van der Waals surface area contributed by atoms with Crippen molar-refractivity contribution in [3.05, 3.63) is 77.2 Å². The maximum absolute atomic E-state index is 5.57. The molecule has 0 saturated carbocycles. The topological polar surface area (TPSA) is 66.0 Å². The van der Waals surface area contributed by atoms with Gasteiger partial charge in [0, 0.05) is 17.9 Å². The molecule has 0 fully saturated rings. The number of methoxy groups -OCH3 is 1. The van der Waals surface area contributed by atoms with Crippen LogP contribution in [0, 0.1) is 13.8 Å². The molecular formula is C23H24N4O2S. The van der Waals surface area contributed by atoms with Crippen molar-refractivity contribution in [3.63, 3.8) is 0 Å². The molecule has 0 amide bonds. The van der Waals surface area contributed by atoms with Crippen molar-refractivity contribution in [2.75, 3.05) is 7.11 Å². The van der Waals surface area contributed by atoms with Crippen LogP contribution in [0.3, 0.4) is 0 Å². The second-order valence-electron chi connectivity index (χ2n) is 6.99. The van der Waals surface area contributed by atoms with Crippen molar-refractivity contribution < 1.29 is 9.26 Å². The molecule has 0 saturated heterocycles. The van der Waals surface area contributed by atoms with Gasteiger partial charge in [-0.25, -0.2) is 0 Å². The first kappa shape index (κ1) is 20.2. The predicted octanol–water partition coefficient (Wildman–Crippen LogP) is 5.09. The number of hydrogen-bond acceptors (Lipinski definition) is 6. The molecule has 4 aromatic rings. The quantitative estimate of drug-likeness (QED) is 0.370. The van der Waals surface area contributed by atoms with E-state index in [0.29, 0.717) is 0 Å². The first-order valence-electron chi connectivity index (χ1n) is 9.82. The van der Waals surface area contributed by atoms with E-state index >= 15 is 0 Å². The highest BCUT2D eigenvalue weighted by molar-refractivity contribution is 7.98. The molecule has 2 aromatic carbocycles. The van der Waals surface area contributed by atoms with Gasteiger partial charge in [0.05, 0.1) is 18.4 Å². The highest BCUT2D eigenvalue weighted by Gasteiger charge is 2.19. The summed E-state index contributed by atoms with van der Waals surface area (Å²) in [6.07, 6.45) is 0.889. The number of aryl methyl sites for hydroxylation is 3. The maximum Gasteiger partial charge on any atom is 0.191 e. The van der Waals surface area contributed by atoms with E-state index in [1.807, 2.05) is 44.2 Å². The van der Waals surface area contributed by atoms with Gasteiger partial charge in [-0.3, -0.25) is 0 Å². The van der Waals surface area contributed by atoms with Gasteiger partial charge in [-0.1, -0.05) is 59.4 Å². The van der Waals surface area contributed by atoms with Crippen LogP contribution >= 0.6 is 11.8 Å². The van der Waals surface area contributed by atoms with Crippen molar-refractivity contribution in [2.24, 2.45) is 0 Å². The third-order valence-electron chi connectivity index (χ3n) is 5.06. The van der Waals surface area contributed by atoms with Gasteiger partial charge < -0.3 is 13.8 Å². The summed E-state index contributed by atoms with van der Waals surface area (Å²) in [6, 6.07) is 18.4. The Bertz CT molecular complexity index is 1100. The summed E-state index contributed by atoms with van der Waals surface area (Å²) in [5, 5.41) is 14.0. The molecule has 30 heavy (non-hydrogen) atoms. The fraction of sp³-hybridized carbons (Fsp3) is 0.261. The zero-order valence-corrected chi connectivity index (χ0v) is 18.1. The van der Waals surface area contributed by atoms with Gasteiger partial charge in [-0.05, 0) is 38.0 Å². The molecule has 2 heterocycles. The molecule has 0 aliphatic rings. The third kappa shape index (κ3) is 4.26. The van der Waals surface area contributed by atoms with Gasteiger partial charge in [-0.15, -0.1) is 10.2 Å². The first-order valence-corrected chi connectivity index (χ1v) is 10.8. The van der Waals surface area contributed by atoms with E-state index in [9.17, 15) is 0 Å². The van der Waals surface area contributed by atoms with Gasteiger partial charge >= 0.3 is 0 Å². The van der Waals surface area contributed by atoms with Crippen LogP contribution < -0.4 is 4.74 Å².